The van der Waals surface area contributed by atoms with Crippen LogP contribution in [0.2, 0.25) is 0 Å². The van der Waals surface area contributed by atoms with E-state index in [-0.39, 0.29) is 16.2 Å². The lowest BCUT2D eigenvalue weighted by Crippen LogP contribution is -2.19. The molecule has 0 fully saturated rings. The molecule has 5 rings (SSSR count). The molecule has 0 spiro atoms. The zero-order chi connectivity index (χ0) is 23.1. The molecule has 1 aliphatic rings. The summed E-state index contributed by atoms with van der Waals surface area (Å²) in [5.74, 6) is -1.72. The lowest BCUT2D eigenvalue weighted by atomic mass is 9.97. The van der Waals surface area contributed by atoms with Gasteiger partial charge in [0.05, 0.1) is 16.8 Å². The Bertz CT molecular complexity index is 1600. The van der Waals surface area contributed by atoms with Crippen LogP contribution >= 0.6 is 24.0 Å². The number of aromatic amines is 2. The summed E-state index contributed by atoms with van der Waals surface area (Å²) < 4.78 is 4.83. The number of carbonyl (C=O) groups is 2. The molecule has 1 aromatic heterocycles. The fraction of sp³-hybridized carbons (Fsp3) is 0. The summed E-state index contributed by atoms with van der Waals surface area (Å²) in [6.45, 7) is 0. The Kier molecular flexibility index (Phi) is 5.15. The van der Waals surface area contributed by atoms with Crippen LogP contribution in [-0.4, -0.2) is 33.2 Å². The molecule has 0 amide bonds. The van der Waals surface area contributed by atoms with E-state index in [4.69, 9.17) is 17.0 Å². The zero-order valence-electron chi connectivity index (χ0n) is 16.6. The molecule has 0 saturated carbocycles. The molecule has 33 heavy (non-hydrogen) atoms. The highest BCUT2D eigenvalue weighted by atomic mass is 32.2. The van der Waals surface area contributed by atoms with Crippen LogP contribution in [-0.2, 0) is 4.74 Å². The number of aromatic hydroxyl groups is 1. The predicted octanol–water partition coefficient (Wildman–Crippen LogP) is 4.50. The number of para-hydroxylation sites is 1. The first kappa shape index (κ1) is 20.9. The van der Waals surface area contributed by atoms with Gasteiger partial charge in [0.15, 0.2) is 4.77 Å². The van der Waals surface area contributed by atoms with Crippen LogP contribution in [0.25, 0.3) is 10.8 Å². The second-order valence-corrected chi connectivity index (χ2v) is 8.51. The van der Waals surface area contributed by atoms with Crippen LogP contribution in [0.1, 0.15) is 26.3 Å². The summed E-state index contributed by atoms with van der Waals surface area (Å²) >= 11 is 6.23. The molecule has 0 bridgehead atoms. The summed E-state index contributed by atoms with van der Waals surface area (Å²) in [5, 5.41) is 11.3. The molecule has 162 valence electrons. The number of H-pyrrole nitrogens is 2. The van der Waals surface area contributed by atoms with Gasteiger partial charge in [-0.15, -0.1) is 0 Å². The average Bonchev–Trinajstić information content (AvgIpc) is 2.78. The van der Waals surface area contributed by atoms with Crippen LogP contribution in [0.3, 0.4) is 0 Å². The summed E-state index contributed by atoms with van der Waals surface area (Å²) in [6, 6.07) is 15.9. The maximum Gasteiger partial charge on any atom is 0.346 e. The number of hydrogen-bond donors (Lipinski definition) is 3. The van der Waals surface area contributed by atoms with Gasteiger partial charge in [-0.3, -0.25) is 14.8 Å². The van der Waals surface area contributed by atoms with Gasteiger partial charge < -0.3 is 14.8 Å². The van der Waals surface area contributed by atoms with Gasteiger partial charge in [-0.05, 0) is 47.9 Å². The molecule has 3 aromatic carbocycles. The van der Waals surface area contributed by atoms with Gasteiger partial charge in [0.2, 0.25) is 5.88 Å². The highest BCUT2D eigenvalue weighted by molar-refractivity contribution is 7.99. The lowest BCUT2D eigenvalue weighted by molar-refractivity contribution is 0.0391. The Morgan fingerprint density at radius 2 is 1.67 bits per heavy atom. The smallest absolute Gasteiger partial charge is 0.346 e. The first-order chi connectivity index (χ1) is 15.9. The van der Waals surface area contributed by atoms with Crippen LogP contribution < -0.4 is 5.56 Å². The first-order valence-electron chi connectivity index (χ1n) is 9.61. The molecule has 3 N–H and O–H groups in total. The van der Waals surface area contributed by atoms with Crippen molar-refractivity contribution in [3.63, 3.8) is 0 Å². The molecule has 2 heterocycles. The van der Waals surface area contributed by atoms with E-state index in [0.717, 1.165) is 15.2 Å². The van der Waals surface area contributed by atoms with E-state index in [1.165, 1.54) is 18.0 Å². The van der Waals surface area contributed by atoms with Gasteiger partial charge in [-0.25, -0.2) is 9.59 Å². The molecular formula is C23H13N3O5S2. The standard InChI is InChI=1S/C23H13N3O5S2/c27-19-14(20(28)26-23(32)25-19)10-24-15-6-1-2-7-17(15)33-16-9-8-13-18-11(16)4-3-5-12(18)21(29)31-22(13)30/h1-10H,(H3,25,26,27,28,32). The number of nitrogens with one attached hydrogen (secondary N) is 2. The van der Waals surface area contributed by atoms with Gasteiger partial charge in [0.1, 0.15) is 5.56 Å². The largest absolute Gasteiger partial charge is 0.494 e. The summed E-state index contributed by atoms with van der Waals surface area (Å²) in [5.41, 5.74) is 0.617. The number of hydrogen-bond acceptors (Lipinski definition) is 8. The topological polar surface area (TPSA) is 125 Å². The average molecular weight is 476 g/mol. The molecule has 10 heteroatoms. The highest BCUT2D eigenvalue weighted by Crippen LogP contribution is 2.41. The Morgan fingerprint density at radius 1 is 0.909 bits per heavy atom. The second-order valence-electron chi connectivity index (χ2n) is 7.01. The van der Waals surface area contributed by atoms with E-state index < -0.39 is 17.5 Å². The third kappa shape index (κ3) is 3.75. The lowest BCUT2D eigenvalue weighted by Gasteiger charge is -2.17. The summed E-state index contributed by atoms with van der Waals surface area (Å²) in [7, 11) is 0. The van der Waals surface area contributed by atoms with Crippen LogP contribution in [0.5, 0.6) is 5.88 Å². The minimum atomic E-state index is -0.669. The van der Waals surface area contributed by atoms with E-state index in [1.807, 2.05) is 18.2 Å². The molecule has 0 unspecified atom stereocenters. The summed E-state index contributed by atoms with van der Waals surface area (Å²) in [6.07, 6.45) is 1.26. The quantitative estimate of drug-likeness (QED) is 0.172. The van der Waals surface area contributed by atoms with Crippen molar-refractivity contribution in [2.75, 3.05) is 0 Å². The van der Waals surface area contributed by atoms with Crippen molar-refractivity contribution >= 4 is 58.6 Å². The van der Waals surface area contributed by atoms with Crippen molar-refractivity contribution in [3.05, 3.63) is 86.4 Å². The SMILES string of the molecule is O=C1OC(=O)c2ccc(Sc3ccccc3N=Cc3c(O)[nH]c(=S)[nH]c3=O)c3cccc1c23. The van der Waals surface area contributed by atoms with Gasteiger partial charge in [-0.1, -0.05) is 36.0 Å². The molecule has 0 aliphatic carbocycles. The molecule has 4 aromatic rings. The Morgan fingerprint density at radius 3 is 2.45 bits per heavy atom. The van der Waals surface area contributed by atoms with E-state index in [0.29, 0.717) is 22.2 Å². The van der Waals surface area contributed by atoms with Crippen molar-refractivity contribution in [1.82, 2.24) is 9.97 Å². The van der Waals surface area contributed by atoms with Crippen molar-refractivity contribution in [2.45, 2.75) is 9.79 Å². The minimum absolute atomic E-state index is 0.0100. The maximum atomic E-state index is 12.2. The molecule has 0 saturated heterocycles. The van der Waals surface area contributed by atoms with Crippen molar-refractivity contribution < 1.29 is 19.4 Å². The number of aromatic nitrogens is 2. The van der Waals surface area contributed by atoms with E-state index >= 15 is 0 Å². The third-order valence-corrected chi connectivity index (χ3v) is 6.35. The van der Waals surface area contributed by atoms with E-state index in [1.54, 1.807) is 36.4 Å². The van der Waals surface area contributed by atoms with Gasteiger partial charge in [0.25, 0.3) is 5.56 Å². The molecule has 8 nitrogen and oxygen atoms in total. The van der Waals surface area contributed by atoms with Gasteiger partial charge in [-0.2, -0.15) is 0 Å². The number of benzene rings is 3. The number of ether oxygens (including phenoxy) is 1. The predicted molar refractivity (Wildman–Crippen MR) is 125 cm³/mol. The second kappa shape index (κ2) is 8.15. The maximum absolute atomic E-state index is 12.2. The van der Waals surface area contributed by atoms with Gasteiger partial charge in [0, 0.05) is 21.4 Å². The Hall–Kier alpha value is -4.02. The Balaban J connectivity index is 1.57. The first-order valence-corrected chi connectivity index (χ1v) is 10.8. The third-order valence-electron chi connectivity index (χ3n) is 5.00. The van der Waals surface area contributed by atoms with E-state index in [2.05, 4.69) is 15.0 Å². The van der Waals surface area contributed by atoms with Gasteiger partial charge >= 0.3 is 11.9 Å². The van der Waals surface area contributed by atoms with Crippen LogP contribution in [0.4, 0.5) is 5.69 Å². The summed E-state index contributed by atoms with van der Waals surface area (Å²) in [4.78, 5) is 47.3. The van der Waals surface area contributed by atoms with Crippen molar-refractivity contribution in [3.8, 4) is 5.88 Å². The zero-order valence-corrected chi connectivity index (χ0v) is 18.3. The molecular weight excluding hydrogens is 462 g/mol. The molecule has 0 radical (unpaired) electrons. The number of carbonyl (C=O) groups excluding carboxylic acids is 2. The minimum Gasteiger partial charge on any atom is -0.494 e. The monoisotopic (exact) mass is 475 g/mol. The highest BCUT2D eigenvalue weighted by Gasteiger charge is 2.28. The number of nitrogens with zero attached hydrogens (tertiary/aromatic N) is 1. The number of aliphatic imine (C=N–C) groups is 1. The molecule has 0 atom stereocenters. The number of rotatable bonds is 4. The molecule has 1 aliphatic heterocycles. The van der Waals surface area contributed by atoms with E-state index in [9.17, 15) is 19.5 Å². The number of cyclic esters (lactones) is 2. The number of esters is 2. The fourth-order valence-electron chi connectivity index (χ4n) is 3.51. The van der Waals surface area contributed by atoms with Crippen molar-refractivity contribution in [2.24, 2.45) is 4.99 Å². The normalized spacial score (nSPS) is 13.0. The van der Waals surface area contributed by atoms with Crippen LogP contribution in [0, 0.1) is 4.77 Å². The van der Waals surface area contributed by atoms with Crippen LogP contribution in [0.15, 0.2) is 74.2 Å². The fourth-order valence-corrected chi connectivity index (χ4v) is 4.72. The van der Waals surface area contributed by atoms with Crippen molar-refractivity contribution in [1.29, 1.82) is 0 Å². The Labute approximate surface area is 195 Å².